The molecule has 4 rings (SSSR count). The van der Waals surface area contributed by atoms with Crippen molar-refractivity contribution in [3.8, 4) is 11.1 Å². The number of nitrogens with one attached hydrogen (secondary N) is 1. The molecule has 1 aliphatic rings. The van der Waals surface area contributed by atoms with Crippen LogP contribution in [0.25, 0.3) is 11.1 Å². The minimum atomic E-state index is -0.589. The monoisotopic (exact) mass is 393 g/mol. The number of carbonyl (C=O) groups excluding carboxylic acids is 2. The Hall–Kier alpha value is -3.12. The number of fused-ring (bicyclic) bond motifs is 3. The Morgan fingerprint density at radius 1 is 1.04 bits per heavy atom. The lowest BCUT2D eigenvalue weighted by molar-refractivity contribution is 0.0601. The van der Waals surface area contributed by atoms with Crippen LogP contribution in [0.4, 0.5) is 9.80 Å². The summed E-state index contributed by atoms with van der Waals surface area (Å²) in [6, 6.07) is 16.3. The maximum absolute atomic E-state index is 12.4. The number of benzene rings is 2. The molecule has 1 heterocycles. The molecule has 1 N–H and O–H groups in total. The van der Waals surface area contributed by atoms with Gasteiger partial charge in [-0.1, -0.05) is 48.5 Å². The Morgan fingerprint density at radius 3 is 2.25 bits per heavy atom. The van der Waals surface area contributed by atoms with E-state index in [0.29, 0.717) is 10.6 Å². The predicted octanol–water partition coefficient (Wildman–Crippen LogP) is 5.20. The zero-order valence-electron chi connectivity index (χ0n) is 15.5. The topological polar surface area (TPSA) is 64.6 Å². The van der Waals surface area contributed by atoms with Crippen LogP contribution in [0.2, 0.25) is 0 Å². The van der Waals surface area contributed by atoms with E-state index in [0.717, 1.165) is 16.7 Å². The van der Waals surface area contributed by atoms with Crippen molar-refractivity contribution in [3.05, 3.63) is 76.2 Å². The van der Waals surface area contributed by atoms with E-state index >= 15 is 0 Å². The van der Waals surface area contributed by atoms with Crippen LogP contribution in [-0.4, -0.2) is 25.8 Å². The molecule has 0 bridgehead atoms. The Kier molecular flexibility index (Phi) is 4.88. The third kappa shape index (κ3) is 3.16. The smallest absolute Gasteiger partial charge is 0.412 e. The molecule has 6 heteroatoms. The van der Waals surface area contributed by atoms with Gasteiger partial charge in [0, 0.05) is 5.92 Å². The maximum Gasteiger partial charge on any atom is 0.412 e. The van der Waals surface area contributed by atoms with Crippen LogP contribution >= 0.6 is 11.3 Å². The number of hydrogen-bond acceptors (Lipinski definition) is 5. The van der Waals surface area contributed by atoms with Gasteiger partial charge < -0.3 is 9.47 Å². The molecule has 2 aromatic carbocycles. The molecule has 1 aromatic heterocycles. The van der Waals surface area contributed by atoms with E-state index < -0.39 is 12.1 Å². The molecule has 0 radical (unpaired) electrons. The van der Waals surface area contributed by atoms with Crippen molar-refractivity contribution in [3.63, 3.8) is 0 Å². The van der Waals surface area contributed by atoms with Crippen LogP contribution in [0.3, 0.4) is 0 Å². The molecule has 0 saturated carbocycles. The average Bonchev–Trinajstić information content (AvgIpc) is 3.23. The molecule has 0 aliphatic heterocycles. The summed E-state index contributed by atoms with van der Waals surface area (Å²) < 4.78 is 10.3. The fourth-order valence-electron chi connectivity index (χ4n) is 3.62. The summed E-state index contributed by atoms with van der Waals surface area (Å²) in [5.41, 5.74) is 5.77. The number of methoxy groups -OCH3 is 1. The molecule has 142 valence electrons. The van der Waals surface area contributed by atoms with Crippen LogP contribution in [0, 0.1) is 6.92 Å². The average molecular weight is 393 g/mol. The van der Waals surface area contributed by atoms with Crippen molar-refractivity contribution in [2.24, 2.45) is 0 Å². The van der Waals surface area contributed by atoms with E-state index in [1.165, 1.54) is 29.6 Å². The van der Waals surface area contributed by atoms with Gasteiger partial charge in [-0.25, -0.2) is 9.59 Å². The highest BCUT2D eigenvalue weighted by Crippen LogP contribution is 2.44. The van der Waals surface area contributed by atoms with Crippen LogP contribution in [0.5, 0.6) is 0 Å². The molecule has 0 atom stereocenters. The summed E-state index contributed by atoms with van der Waals surface area (Å²) in [6.45, 7) is 2.02. The standard InChI is InChI=1S/C22H19NO4S/c1-13-12-28-20(19(13)21(24)26-2)23-22(25)27-11-18-16-9-5-3-7-14(16)15-8-4-6-10-17(15)18/h3-10,12,18H,11H2,1-2H3,(H,23,25). The van der Waals surface area contributed by atoms with E-state index in [4.69, 9.17) is 9.47 Å². The Labute approximate surface area is 166 Å². The van der Waals surface area contributed by atoms with Gasteiger partial charge in [0.15, 0.2) is 0 Å². The van der Waals surface area contributed by atoms with Crippen LogP contribution in [0.1, 0.15) is 33.0 Å². The minimum Gasteiger partial charge on any atom is -0.465 e. The van der Waals surface area contributed by atoms with Crippen molar-refractivity contribution < 1.29 is 19.1 Å². The van der Waals surface area contributed by atoms with Gasteiger partial charge >= 0.3 is 12.1 Å². The fraction of sp³-hybridized carbons (Fsp3) is 0.182. The first kappa shape index (κ1) is 18.3. The summed E-state index contributed by atoms with van der Waals surface area (Å²) >= 11 is 1.27. The number of thiophene rings is 1. The number of ether oxygens (including phenoxy) is 2. The van der Waals surface area contributed by atoms with E-state index in [-0.39, 0.29) is 12.5 Å². The van der Waals surface area contributed by atoms with Gasteiger partial charge in [0.05, 0.1) is 12.7 Å². The molecule has 0 unspecified atom stereocenters. The molecular weight excluding hydrogens is 374 g/mol. The highest BCUT2D eigenvalue weighted by Gasteiger charge is 2.29. The number of esters is 1. The second-order valence-corrected chi connectivity index (χ2v) is 7.44. The Balaban J connectivity index is 1.50. The molecule has 0 saturated heterocycles. The molecule has 0 fully saturated rings. The Bertz CT molecular complexity index is 1010. The zero-order valence-corrected chi connectivity index (χ0v) is 16.3. The van der Waals surface area contributed by atoms with Gasteiger partial charge in [-0.05, 0) is 40.1 Å². The first-order valence-corrected chi connectivity index (χ1v) is 9.76. The molecule has 0 spiro atoms. The summed E-state index contributed by atoms with van der Waals surface area (Å²) in [5, 5.41) is 4.90. The molecule has 1 amide bonds. The van der Waals surface area contributed by atoms with Crippen LogP contribution in [-0.2, 0) is 9.47 Å². The number of anilines is 1. The molecule has 5 nitrogen and oxygen atoms in total. The van der Waals surface area contributed by atoms with Crippen molar-refractivity contribution >= 4 is 28.4 Å². The molecule has 1 aliphatic carbocycles. The van der Waals surface area contributed by atoms with Crippen molar-refractivity contribution in [1.82, 2.24) is 0 Å². The first-order valence-electron chi connectivity index (χ1n) is 8.88. The highest BCUT2D eigenvalue weighted by atomic mass is 32.1. The minimum absolute atomic E-state index is 0.0108. The van der Waals surface area contributed by atoms with Gasteiger partial charge in [0.2, 0.25) is 0 Å². The third-order valence-electron chi connectivity index (χ3n) is 4.92. The first-order chi connectivity index (χ1) is 13.6. The SMILES string of the molecule is COC(=O)c1c(C)csc1NC(=O)OCC1c2ccccc2-c2ccccc21. The lowest BCUT2D eigenvalue weighted by atomic mass is 9.98. The summed E-state index contributed by atoms with van der Waals surface area (Å²) in [5.74, 6) is -0.490. The van der Waals surface area contributed by atoms with Crippen LogP contribution in [0.15, 0.2) is 53.9 Å². The van der Waals surface area contributed by atoms with Gasteiger partial charge in [-0.2, -0.15) is 0 Å². The van der Waals surface area contributed by atoms with Crippen LogP contribution < -0.4 is 5.32 Å². The lowest BCUT2D eigenvalue weighted by Crippen LogP contribution is -2.18. The number of rotatable bonds is 4. The molecule has 28 heavy (non-hydrogen) atoms. The maximum atomic E-state index is 12.4. The molecular formula is C22H19NO4S. The van der Waals surface area contributed by atoms with E-state index in [1.807, 2.05) is 24.3 Å². The zero-order chi connectivity index (χ0) is 19.7. The predicted molar refractivity (Wildman–Crippen MR) is 109 cm³/mol. The van der Waals surface area contributed by atoms with Crippen molar-refractivity contribution in [2.45, 2.75) is 12.8 Å². The summed E-state index contributed by atoms with van der Waals surface area (Å²) in [6.07, 6.45) is -0.589. The van der Waals surface area contributed by atoms with Gasteiger partial charge in [0.1, 0.15) is 11.6 Å². The van der Waals surface area contributed by atoms with E-state index in [2.05, 4.69) is 29.6 Å². The van der Waals surface area contributed by atoms with E-state index in [1.54, 1.807) is 12.3 Å². The van der Waals surface area contributed by atoms with Gasteiger partial charge in [0.25, 0.3) is 0 Å². The van der Waals surface area contributed by atoms with E-state index in [9.17, 15) is 9.59 Å². The van der Waals surface area contributed by atoms with Gasteiger partial charge in [-0.15, -0.1) is 11.3 Å². The molecule has 3 aromatic rings. The fourth-order valence-corrected chi connectivity index (χ4v) is 4.54. The third-order valence-corrected chi connectivity index (χ3v) is 5.94. The number of aryl methyl sites for hydroxylation is 1. The normalized spacial score (nSPS) is 12.2. The number of carbonyl (C=O) groups is 2. The summed E-state index contributed by atoms with van der Waals surface area (Å²) in [7, 11) is 1.32. The quantitative estimate of drug-likeness (QED) is 0.619. The second kappa shape index (κ2) is 7.48. The van der Waals surface area contributed by atoms with Crippen molar-refractivity contribution in [2.75, 3.05) is 19.0 Å². The number of hydrogen-bond donors (Lipinski definition) is 1. The van der Waals surface area contributed by atoms with Gasteiger partial charge in [-0.3, -0.25) is 5.32 Å². The number of amides is 1. The highest BCUT2D eigenvalue weighted by molar-refractivity contribution is 7.15. The van der Waals surface area contributed by atoms with Crippen molar-refractivity contribution in [1.29, 1.82) is 0 Å². The summed E-state index contributed by atoms with van der Waals surface area (Å²) in [4.78, 5) is 24.3. The largest absolute Gasteiger partial charge is 0.465 e. The Morgan fingerprint density at radius 2 is 1.64 bits per heavy atom. The second-order valence-electron chi connectivity index (χ2n) is 6.56. The lowest BCUT2D eigenvalue weighted by Gasteiger charge is -2.14.